The van der Waals surface area contributed by atoms with Crippen LogP contribution in [0.2, 0.25) is 0 Å². The molecule has 3 atom stereocenters. The van der Waals surface area contributed by atoms with Crippen LogP contribution >= 0.6 is 0 Å². The lowest BCUT2D eigenvalue weighted by Crippen LogP contribution is -2.36. The van der Waals surface area contributed by atoms with Crippen molar-refractivity contribution in [1.82, 2.24) is 15.6 Å². The molecule has 5 rings (SSSR count). The van der Waals surface area contributed by atoms with Gasteiger partial charge in [-0.1, -0.05) is 24.3 Å². The highest BCUT2D eigenvalue weighted by Crippen LogP contribution is 2.47. The van der Waals surface area contributed by atoms with Gasteiger partial charge in [0.05, 0.1) is 0 Å². The molecule has 1 aliphatic carbocycles. The van der Waals surface area contributed by atoms with Crippen molar-refractivity contribution >= 4 is 5.91 Å². The Bertz CT molecular complexity index is 695. The predicted molar refractivity (Wildman–Crippen MR) is 81.5 cm³/mol. The van der Waals surface area contributed by atoms with Gasteiger partial charge < -0.3 is 15.1 Å². The second kappa shape index (κ2) is 5.25. The van der Waals surface area contributed by atoms with Crippen LogP contribution in [0.4, 0.5) is 0 Å². The number of nitrogens with one attached hydrogen (secondary N) is 2. The Labute approximate surface area is 129 Å². The standard InChI is InChI=1S/C17H19N3O2/c1-10-4-2-3-5-11(10)7-19-17(21)15-16(22-9-20-15)14-12-6-13(14)18-8-12/h2-5,9,12-14,18H,6-8H2,1H3,(H,19,21). The number of hydrogen-bond donors (Lipinski definition) is 2. The van der Waals surface area contributed by atoms with Crippen LogP contribution in [0, 0.1) is 12.8 Å². The zero-order chi connectivity index (χ0) is 15.1. The van der Waals surface area contributed by atoms with Crippen LogP contribution in [0.5, 0.6) is 0 Å². The molecule has 1 saturated carbocycles. The SMILES string of the molecule is Cc1ccccc1CNC(=O)c1ncoc1C1C2CNC1C2. The van der Waals surface area contributed by atoms with Gasteiger partial charge in [-0.3, -0.25) is 4.79 Å². The Balaban J connectivity index is 1.48. The maximum Gasteiger partial charge on any atom is 0.273 e. The summed E-state index contributed by atoms with van der Waals surface area (Å²) in [5.74, 6) is 1.48. The van der Waals surface area contributed by atoms with Crippen molar-refractivity contribution < 1.29 is 9.21 Å². The Morgan fingerprint density at radius 2 is 2.32 bits per heavy atom. The Kier molecular flexibility index (Phi) is 3.22. The molecule has 22 heavy (non-hydrogen) atoms. The van der Waals surface area contributed by atoms with Crippen LogP contribution in [0.1, 0.15) is 39.7 Å². The first-order valence-corrected chi connectivity index (χ1v) is 7.73. The second-order valence-corrected chi connectivity index (χ2v) is 6.21. The lowest BCUT2D eigenvalue weighted by Gasteiger charge is -2.32. The largest absolute Gasteiger partial charge is 0.447 e. The fraction of sp³-hybridized carbons (Fsp3) is 0.412. The normalized spacial score (nSPS) is 25.8. The van der Waals surface area contributed by atoms with Crippen LogP contribution < -0.4 is 10.6 Å². The van der Waals surface area contributed by atoms with Crippen molar-refractivity contribution in [1.29, 1.82) is 0 Å². The summed E-state index contributed by atoms with van der Waals surface area (Å²) < 4.78 is 5.53. The minimum atomic E-state index is -0.154. The van der Waals surface area contributed by atoms with E-state index in [0.717, 1.165) is 17.9 Å². The first-order valence-electron chi connectivity index (χ1n) is 7.73. The fourth-order valence-electron chi connectivity index (χ4n) is 3.60. The molecule has 2 aromatic rings. The smallest absolute Gasteiger partial charge is 0.273 e. The van der Waals surface area contributed by atoms with E-state index in [0.29, 0.717) is 30.1 Å². The molecule has 3 aliphatic rings. The number of nitrogens with zero attached hydrogens (tertiary/aromatic N) is 1. The molecule has 0 radical (unpaired) electrons. The first-order chi connectivity index (χ1) is 10.7. The molecular formula is C17H19N3O2. The van der Waals surface area contributed by atoms with Gasteiger partial charge in [-0.05, 0) is 36.9 Å². The van der Waals surface area contributed by atoms with Gasteiger partial charge in [0.2, 0.25) is 0 Å². The quantitative estimate of drug-likeness (QED) is 0.905. The zero-order valence-corrected chi connectivity index (χ0v) is 12.5. The van der Waals surface area contributed by atoms with Gasteiger partial charge in [-0.25, -0.2) is 4.98 Å². The third-order valence-electron chi connectivity index (χ3n) is 4.95. The third kappa shape index (κ3) is 2.13. The van der Waals surface area contributed by atoms with Crippen LogP contribution in [0.3, 0.4) is 0 Å². The lowest BCUT2D eigenvalue weighted by molar-refractivity contribution is 0.0941. The number of aryl methyl sites for hydroxylation is 1. The van der Waals surface area contributed by atoms with Crippen molar-refractivity contribution in [3.05, 3.63) is 53.2 Å². The first kappa shape index (κ1) is 13.5. The number of rotatable bonds is 4. The fourth-order valence-corrected chi connectivity index (χ4v) is 3.60. The number of oxazole rings is 1. The second-order valence-electron chi connectivity index (χ2n) is 6.21. The van der Waals surface area contributed by atoms with E-state index in [1.54, 1.807) is 0 Å². The number of hydrogen-bond acceptors (Lipinski definition) is 4. The number of carbonyl (C=O) groups is 1. The molecule has 1 aromatic carbocycles. The average molecular weight is 297 g/mol. The molecule has 2 N–H and O–H groups in total. The third-order valence-corrected chi connectivity index (χ3v) is 4.95. The molecule has 5 heteroatoms. The summed E-state index contributed by atoms with van der Waals surface area (Å²) in [5, 5.41) is 6.40. The van der Waals surface area contributed by atoms with Gasteiger partial charge in [-0.2, -0.15) is 0 Å². The number of carbonyl (C=O) groups excluding carboxylic acids is 1. The van der Waals surface area contributed by atoms with E-state index in [2.05, 4.69) is 15.6 Å². The molecule has 2 saturated heterocycles. The van der Waals surface area contributed by atoms with Crippen LogP contribution in [-0.4, -0.2) is 23.5 Å². The molecule has 1 amide bonds. The van der Waals surface area contributed by atoms with Gasteiger partial charge >= 0.3 is 0 Å². The zero-order valence-electron chi connectivity index (χ0n) is 12.5. The molecule has 2 bridgehead atoms. The average Bonchev–Trinajstić information content (AvgIpc) is 3.22. The predicted octanol–water partition coefficient (Wildman–Crippen LogP) is 1.99. The highest BCUT2D eigenvalue weighted by molar-refractivity contribution is 5.93. The van der Waals surface area contributed by atoms with E-state index in [1.165, 1.54) is 18.4 Å². The maximum atomic E-state index is 12.4. The molecule has 0 spiro atoms. The van der Waals surface area contributed by atoms with Gasteiger partial charge in [0.25, 0.3) is 5.91 Å². The molecular weight excluding hydrogens is 278 g/mol. The van der Waals surface area contributed by atoms with Crippen LogP contribution in [0.25, 0.3) is 0 Å². The number of aromatic nitrogens is 1. The molecule has 1 aromatic heterocycles. The van der Waals surface area contributed by atoms with E-state index in [4.69, 9.17) is 4.42 Å². The number of amides is 1. The summed E-state index contributed by atoms with van der Waals surface area (Å²) in [6.07, 6.45) is 2.56. The molecule has 2 aliphatic heterocycles. The van der Waals surface area contributed by atoms with Gasteiger partial charge in [-0.15, -0.1) is 0 Å². The summed E-state index contributed by atoms with van der Waals surface area (Å²) in [4.78, 5) is 16.6. The Morgan fingerprint density at radius 3 is 3.05 bits per heavy atom. The lowest BCUT2D eigenvalue weighted by atomic mass is 9.72. The van der Waals surface area contributed by atoms with E-state index in [9.17, 15) is 4.79 Å². The Hall–Kier alpha value is -2.14. The molecule has 3 fully saturated rings. The molecule has 5 nitrogen and oxygen atoms in total. The minimum absolute atomic E-state index is 0.154. The van der Waals surface area contributed by atoms with Gasteiger partial charge in [0.15, 0.2) is 12.1 Å². The van der Waals surface area contributed by atoms with Crippen molar-refractivity contribution in [2.45, 2.75) is 31.8 Å². The summed E-state index contributed by atoms with van der Waals surface area (Å²) in [7, 11) is 0. The Morgan fingerprint density at radius 1 is 1.45 bits per heavy atom. The summed E-state index contributed by atoms with van der Waals surface area (Å²) in [6.45, 7) is 3.56. The van der Waals surface area contributed by atoms with Crippen LogP contribution in [0.15, 0.2) is 35.1 Å². The van der Waals surface area contributed by atoms with Crippen molar-refractivity contribution in [2.24, 2.45) is 5.92 Å². The summed E-state index contributed by atoms with van der Waals surface area (Å²) in [6, 6.07) is 8.49. The monoisotopic (exact) mass is 297 g/mol. The highest BCUT2D eigenvalue weighted by atomic mass is 16.3. The molecule has 114 valence electrons. The van der Waals surface area contributed by atoms with E-state index in [1.807, 2.05) is 31.2 Å². The molecule has 3 heterocycles. The van der Waals surface area contributed by atoms with Crippen molar-refractivity contribution in [3.8, 4) is 0 Å². The van der Waals surface area contributed by atoms with Gasteiger partial charge in [0.1, 0.15) is 5.76 Å². The van der Waals surface area contributed by atoms with Crippen LogP contribution in [-0.2, 0) is 6.54 Å². The highest BCUT2D eigenvalue weighted by Gasteiger charge is 2.50. The van der Waals surface area contributed by atoms with Crippen molar-refractivity contribution in [2.75, 3.05) is 6.54 Å². The molecule has 3 unspecified atom stereocenters. The number of benzene rings is 1. The minimum Gasteiger partial charge on any atom is -0.447 e. The van der Waals surface area contributed by atoms with E-state index < -0.39 is 0 Å². The number of fused-ring (bicyclic) bond motifs is 1. The summed E-state index contributed by atoms with van der Waals surface area (Å²) in [5.41, 5.74) is 2.73. The topological polar surface area (TPSA) is 67.2 Å². The summed E-state index contributed by atoms with van der Waals surface area (Å²) >= 11 is 0. The van der Waals surface area contributed by atoms with Crippen molar-refractivity contribution in [3.63, 3.8) is 0 Å². The maximum absolute atomic E-state index is 12.4. The van der Waals surface area contributed by atoms with E-state index >= 15 is 0 Å². The van der Waals surface area contributed by atoms with Gasteiger partial charge in [0, 0.05) is 18.5 Å². The van der Waals surface area contributed by atoms with E-state index in [-0.39, 0.29) is 5.91 Å².